The predicted molar refractivity (Wildman–Crippen MR) is 43.1 cm³/mol. The van der Waals surface area contributed by atoms with Crippen LogP contribution >= 0.6 is 0 Å². The molecule has 78 valence electrons. The van der Waals surface area contributed by atoms with Crippen molar-refractivity contribution in [2.24, 2.45) is 5.73 Å². The Hall–Kier alpha value is -1.37. The molecule has 0 spiro atoms. The van der Waals surface area contributed by atoms with Crippen LogP contribution in [0.25, 0.3) is 0 Å². The number of hydrogen-bond acceptors (Lipinski definition) is 3. The Morgan fingerprint density at radius 3 is 2.64 bits per heavy atom. The molecule has 0 aliphatic carbocycles. The van der Waals surface area contributed by atoms with Gasteiger partial charge in [-0.2, -0.15) is 13.2 Å². The maximum absolute atomic E-state index is 12.0. The minimum Gasteiger partial charge on any atom is -0.321 e. The predicted octanol–water partition coefficient (Wildman–Crippen LogP) is 1.40. The van der Waals surface area contributed by atoms with Gasteiger partial charge in [-0.1, -0.05) is 6.08 Å². The van der Waals surface area contributed by atoms with E-state index in [4.69, 9.17) is 5.73 Å². The molecule has 1 aromatic rings. The number of H-pyrrole nitrogens is 1. The van der Waals surface area contributed by atoms with Crippen molar-refractivity contribution in [3.8, 4) is 0 Å². The number of nitrogens with one attached hydrogen (secondary N) is 1. The van der Waals surface area contributed by atoms with Crippen LogP contribution in [0.5, 0.6) is 0 Å². The average Bonchev–Trinajstić information content (AvgIpc) is 2.51. The number of aromatic nitrogens is 3. The van der Waals surface area contributed by atoms with Gasteiger partial charge in [-0.15, -0.1) is 11.7 Å². The second kappa shape index (κ2) is 3.79. The molecule has 4 nitrogen and oxygen atoms in total. The van der Waals surface area contributed by atoms with E-state index in [1.807, 2.05) is 0 Å². The standard InChI is InChI=1S/C7H9F3N4/c1-2-3-4(11)5-12-6(14-13-5)7(8,9)10/h2,4H,1,3,11H2,(H,12,13,14)/t4-/m0/s1. The van der Waals surface area contributed by atoms with Crippen molar-refractivity contribution in [2.75, 3.05) is 0 Å². The van der Waals surface area contributed by atoms with E-state index in [2.05, 4.69) is 21.8 Å². The first-order valence-electron chi connectivity index (χ1n) is 3.81. The van der Waals surface area contributed by atoms with Crippen LogP contribution in [0.3, 0.4) is 0 Å². The molecule has 1 atom stereocenters. The van der Waals surface area contributed by atoms with Gasteiger partial charge in [0.05, 0.1) is 6.04 Å². The van der Waals surface area contributed by atoms with Crippen LogP contribution in [-0.4, -0.2) is 15.2 Å². The molecule has 0 amide bonds. The molecule has 0 saturated carbocycles. The van der Waals surface area contributed by atoms with Crippen LogP contribution in [0.2, 0.25) is 0 Å². The summed E-state index contributed by atoms with van der Waals surface area (Å²) in [7, 11) is 0. The fraction of sp³-hybridized carbons (Fsp3) is 0.429. The number of alkyl halides is 3. The maximum Gasteiger partial charge on any atom is 0.453 e. The van der Waals surface area contributed by atoms with Crippen LogP contribution in [0.1, 0.15) is 24.1 Å². The number of nitrogens with two attached hydrogens (primary N) is 1. The Bertz CT molecular complexity index is 317. The normalized spacial score (nSPS) is 14.0. The number of rotatable bonds is 3. The van der Waals surface area contributed by atoms with Gasteiger partial charge in [0.25, 0.3) is 5.82 Å². The highest BCUT2D eigenvalue weighted by Crippen LogP contribution is 2.26. The van der Waals surface area contributed by atoms with Crippen LogP contribution in [-0.2, 0) is 6.18 Å². The molecule has 0 unspecified atom stereocenters. The van der Waals surface area contributed by atoms with Crippen molar-refractivity contribution in [3.63, 3.8) is 0 Å². The molecule has 0 aliphatic rings. The van der Waals surface area contributed by atoms with E-state index in [-0.39, 0.29) is 5.82 Å². The number of aromatic amines is 1. The van der Waals surface area contributed by atoms with Gasteiger partial charge < -0.3 is 5.73 Å². The third-order valence-electron chi connectivity index (χ3n) is 1.53. The highest BCUT2D eigenvalue weighted by molar-refractivity contribution is 5.00. The summed E-state index contributed by atoms with van der Waals surface area (Å²) >= 11 is 0. The summed E-state index contributed by atoms with van der Waals surface area (Å²) in [4.78, 5) is 3.24. The van der Waals surface area contributed by atoms with Gasteiger partial charge in [0.1, 0.15) is 5.82 Å². The molecular weight excluding hydrogens is 197 g/mol. The van der Waals surface area contributed by atoms with Gasteiger partial charge in [0, 0.05) is 0 Å². The van der Waals surface area contributed by atoms with Gasteiger partial charge in [-0.3, -0.25) is 5.10 Å². The average molecular weight is 206 g/mol. The lowest BCUT2D eigenvalue weighted by atomic mass is 10.2. The van der Waals surface area contributed by atoms with Crippen molar-refractivity contribution in [1.82, 2.24) is 15.2 Å². The van der Waals surface area contributed by atoms with E-state index in [0.717, 1.165) is 0 Å². The van der Waals surface area contributed by atoms with E-state index in [1.54, 1.807) is 0 Å². The lowest BCUT2D eigenvalue weighted by molar-refractivity contribution is -0.144. The molecule has 0 aromatic carbocycles. The van der Waals surface area contributed by atoms with Gasteiger partial charge in [-0.05, 0) is 6.42 Å². The Labute approximate surface area is 78.0 Å². The summed E-state index contributed by atoms with van der Waals surface area (Å²) in [6.07, 6.45) is -2.70. The zero-order valence-electron chi connectivity index (χ0n) is 7.17. The topological polar surface area (TPSA) is 67.6 Å². The third-order valence-corrected chi connectivity index (χ3v) is 1.53. The molecular formula is C7H9F3N4. The summed E-state index contributed by atoms with van der Waals surface area (Å²) in [5, 5.41) is 5.16. The Balaban J connectivity index is 2.82. The van der Waals surface area contributed by atoms with Crippen molar-refractivity contribution in [3.05, 3.63) is 24.3 Å². The first kappa shape index (κ1) is 10.7. The summed E-state index contributed by atoms with van der Waals surface area (Å²) in [6, 6.07) is -0.629. The van der Waals surface area contributed by atoms with E-state index in [0.29, 0.717) is 6.42 Å². The monoisotopic (exact) mass is 206 g/mol. The van der Waals surface area contributed by atoms with E-state index in [1.165, 1.54) is 6.08 Å². The summed E-state index contributed by atoms with van der Waals surface area (Å²) in [5.74, 6) is -1.19. The van der Waals surface area contributed by atoms with E-state index < -0.39 is 18.0 Å². The summed E-state index contributed by atoms with van der Waals surface area (Å²) in [6.45, 7) is 3.42. The van der Waals surface area contributed by atoms with Crippen LogP contribution < -0.4 is 5.73 Å². The fourth-order valence-corrected chi connectivity index (χ4v) is 0.858. The lowest BCUT2D eigenvalue weighted by Crippen LogP contribution is -2.12. The smallest absolute Gasteiger partial charge is 0.321 e. The molecule has 7 heteroatoms. The molecule has 0 fully saturated rings. The van der Waals surface area contributed by atoms with Crippen LogP contribution in [0.4, 0.5) is 13.2 Å². The van der Waals surface area contributed by atoms with Crippen molar-refractivity contribution < 1.29 is 13.2 Å². The Morgan fingerprint density at radius 2 is 2.21 bits per heavy atom. The van der Waals surface area contributed by atoms with Crippen molar-refractivity contribution in [1.29, 1.82) is 0 Å². The quantitative estimate of drug-likeness (QED) is 0.734. The molecule has 1 rings (SSSR count). The summed E-state index contributed by atoms with van der Waals surface area (Å²) in [5.41, 5.74) is 5.49. The van der Waals surface area contributed by atoms with E-state index >= 15 is 0 Å². The number of halogens is 3. The minimum absolute atomic E-state index is 0.0113. The van der Waals surface area contributed by atoms with Gasteiger partial charge in [0.15, 0.2) is 0 Å². The minimum atomic E-state index is -4.54. The highest BCUT2D eigenvalue weighted by Gasteiger charge is 2.36. The lowest BCUT2D eigenvalue weighted by Gasteiger charge is -2.02. The Morgan fingerprint density at radius 1 is 1.57 bits per heavy atom. The number of nitrogens with zero attached hydrogens (tertiary/aromatic N) is 2. The number of hydrogen-bond donors (Lipinski definition) is 2. The molecule has 1 heterocycles. The zero-order chi connectivity index (χ0) is 10.8. The first-order valence-corrected chi connectivity index (χ1v) is 3.81. The molecule has 0 radical (unpaired) electrons. The largest absolute Gasteiger partial charge is 0.453 e. The molecule has 0 bridgehead atoms. The molecule has 3 N–H and O–H groups in total. The summed E-state index contributed by atoms with van der Waals surface area (Å²) < 4.78 is 36.1. The maximum atomic E-state index is 12.0. The zero-order valence-corrected chi connectivity index (χ0v) is 7.17. The van der Waals surface area contributed by atoms with Gasteiger partial charge in [0.2, 0.25) is 0 Å². The molecule has 1 aromatic heterocycles. The third kappa shape index (κ3) is 2.32. The van der Waals surface area contributed by atoms with Crippen LogP contribution in [0, 0.1) is 0 Å². The molecule has 14 heavy (non-hydrogen) atoms. The Kier molecular flexibility index (Phi) is 2.90. The second-order valence-electron chi connectivity index (χ2n) is 2.67. The van der Waals surface area contributed by atoms with Crippen molar-refractivity contribution >= 4 is 0 Å². The van der Waals surface area contributed by atoms with Gasteiger partial charge >= 0.3 is 6.18 Å². The van der Waals surface area contributed by atoms with Crippen molar-refractivity contribution in [2.45, 2.75) is 18.6 Å². The first-order chi connectivity index (χ1) is 6.45. The highest BCUT2D eigenvalue weighted by atomic mass is 19.4. The second-order valence-corrected chi connectivity index (χ2v) is 2.67. The van der Waals surface area contributed by atoms with E-state index in [9.17, 15) is 13.2 Å². The SMILES string of the molecule is C=CC[C@H](N)c1nc(C(F)(F)F)n[nH]1. The molecule has 0 saturated heterocycles. The molecule has 0 aliphatic heterocycles. The van der Waals surface area contributed by atoms with Gasteiger partial charge in [-0.25, -0.2) is 4.98 Å². The van der Waals surface area contributed by atoms with Crippen LogP contribution in [0.15, 0.2) is 12.7 Å². The fourth-order valence-electron chi connectivity index (χ4n) is 0.858.